The fourth-order valence-corrected chi connectivity index (χ4v) is 8.51. The van der Waals surface area contributed by atoms with Crippen LogP contribution in [0.2, 0.25) is 0 Å². The molecule has 0 amide bonds. The van der Waals surface area contributed by atoms with Crippen molar-refractivity contribution in [2.24, 2.45) is 17.8 Å². The Morgan fingerprint density at radius 2 is 1.77 bits per heavy atom. The Kier molecular flexibility index (Phi) is 10.2. The molecule has 1 aromatic heterocycles. The van der Waals surface area contributed by atoms with Crippen LogP contribution in [0.5, 0.6) is 17.4 Å². The quantitative estimate of drug-likeness (QED) is 0.212. The zero-order chi connectivity index (χ0) is 34.2. The molecule has 2 N–H and O–H groups in total. The van der Waals surface area contributed by atoms with E-state index in [2.05, 4.69) is 17.0 Å². The van der Waals surface area contributed by atoms with Crippen LogP contribution in [0.1, 0.15) is 123 Å². The number of unbranched alkanes of at least 4 members (excludes halogenated alkanes) is 2. The van der Waals surface area contributed by atoms with Crippen molar-refractivity contribution in [3.63, 3.8) is 0 Å². The van der Waals surface area contributed by atoms with Crippen molar-refractivity contribution in [2.75, 3.05) is 40.0 Å². The molecule has 2 heterocycles. The molecule has 6 rings (SSSR count). The highest BCUT2D eigenvalue weighted by molar-refractivity contribution is 6.16. The van der Waals surface area contributed by atoms with Gasteiger partial charge in [-0.15, -0.1) is 0 Å². The van der Waals surface area contributed by atoms with Crippen LogP contribution >= 0.6 is 0 Å². The number of hydrogen-bond acceptors (Lipinski definition) is 10. The second kappa shape index (κ2) is 14.2. The minimum Gasteiger partial charge on any atom is -0.508 e. The number of rotatable bonds is 14. The van der Waals surface area contributed by atoms with Crippen molar-refractivity contribution in [2.45, 2.75) is 103 Å². The number of benzene rings is 1. The van der Waals surface area contributed by atoms with E-state index in [0.29, 0.717) is 55.3 Å². The molecule has 2 aromatic rings. The molecule has 0 unspecified atom stereocenters. The average molecular weight is 665 g/mol. The van der Waals surface area contributed by atoms with Gasteiger partial charge in [0.1, 0.15) is 22.8 Å². The second-order valence-corrected chi connectivity index (χ2v) is 14.4. The van der Waals surface area contributed by atoms with Crippen molar-refractivity contribution in [3.05, 3.63) is 45.4 Å². The van der Waals surface area contributed by atoms with Crippen LogP contribution in [-0.4, -0.2) is 77.4 Å². The molecule has 4 aliphatic rings. The van der Waals surface area contributed by atoms with Gasteiger partial charge in [-0.1, -0.05) is 40.5 Å². The summed E-state index contributed by atoms with van der Waals surface area (Å²) >= 11 is 0. The number of aromatic nitrogens is 1. The lowest BCUT2D eigenvalue weighted by Gasteiger charge is -2.49. The maximum absolute atomic E-state index is 14.8. The molecule has 10 heteroatoms. The summed E-state index contributed by atoms with van der Waals surface area (Å²) in [5, 5.41) is 28.6. The van der Waals surface area contributed by atoms with E-state index < -0.39 is 40.7 Å². The summed E-state index contributed by atoms with van der Waals surface area (Å²) in [6.45, 7) is 12.1. The van der Waals surface area contributed by atoms with E-state index in [4.69, 9.17) is 18.7 Å². The first-order valence-electron chi connectivity index (χ1n) is 18.1. The molecule has 1 fully saturated rings. The second-order valence-electron chi connectivity index (χ2n) is 14.4. The van der Waals surface area contributed by atoms with Gasteiger partial charge < -0.3 is 33.8 Å². The predicted octanol–water partition coefficient (Wildman–Crippen LogP) is 6.62. The zero-order valence-corrected chi connectivity index (χ0v) is 29.2. The number of allylic oxidation sites excluding steroid dienone is 1. The Hall–Kier alpha value is -3.37. The Morgan fingerprint density at radius 1 is 1.06 bits per heavy atom. The van der Waals surface area contributed by atoms with Crippen molar-refractivity contribution < 1.29 is 38.5 Å². The lowest BCUT2D eigenvalue weighted by molar-refractivity contribution is -0.0418. The molecule has 1 saturated heterocycles. The highest BCUT2D eigenvalue weighted by Gasteiger charge is 2.63. The Labute approximate surface area is 283 Å². The fraction of sp³-hybridized carbons (Fsp3) is 0.658. The molecule has 10 nitrogen and oxygen atoms in total. The number of hydrogen-bond donors (Lipinski definition) is 2. The fourth-order valence-electron chi connectivity index (χ4n) is 8.51. The summed E-state index contributed by atoms with van der Waals surface area (Å²) in [4.78, 5) is 31.6. The van der Waals surface area contributed by atoms with Gasteiger partial charge in [0.05, 0.1) is 25.9 Å². The molecule has 0 bridgehead atoms. The lowest BCUT2D eigenvalue weighted by atomic mass is 9.55. The molecule has 1 aromatic carbocycles. The van der Waals surface area contributed by atoms with Gasteiger partial charge in [-0.3, -0.25) is 9.59 Å². The van der Waals surface area contributed by atoms with E-state index in [9.17, 15) is 19.8 Å². The molecule has 0 radical (unpaired) electrons. The summed E-state index contributed by atoms with van der Waals surface area (Å²) in [7, 11) is 1.62. The summed E-state index contributed by atoms with van der Waals surface area (Å²) < 4.78 is 24.0. The number of fused-ring (bicyclic) bond motifs is 4. The molecular weight excluding hydrogens is 612 g/mol. The third-order valence-electron chi connectivity index (χ3n) is 11.0. The smallest absolute Gasteiger partial charge is 0.265 e. The van der Waals surface area contributed by atoms with Gasteiger partial charge in [-0.25, -0.2) is 0 Å². The molecule has 0 saturated carbocycles. The average Bonchev–Trinajstić information content (AvgIpc) is 3.74. The van der Waals surface area contributed by atoms with Gasteiger partial charge >= 0.3 is 0 Å². The minimum absolute atomic E-state index is 0.0242. The number of carbonyl (C=O) groups is 2. The molecule has 4 atom stereocenters. The molecule has 0 spiro atoms. The number of ether oxygens (including phenoxy) is 3. The molecule has 1 aliphatic heterocycles. The molecule has 3 aliphatic carbocycles. The molecule has 48 heavy (non-hydrogen) atoms. The van der Waals surface area contributed by atoms with Gasteiger partial charge in [0.15, 0.2) is 17.1 Å². The summed E-state index contributed by atoms with van der Waals surface area (Å²) in [5.74, 6) is -1.84. The summed E-state index contributed by atoms with van der Waals surface area (Å²) in [5.41, 5.74) is -0.156. The number of carbonyl (C=O) groups excluding carboxylic acids is 2. The van der Waals surface area contributed by atoms with E-state index in [1.165, 1.54) is 12.8 Å². The monoisotopic (exact) mass is 664 g/mol. The normalized spacial score (nSPS) is 25.2. The molecular formula is C38H52N2O8. The van der Waals surface area contributed by atoms with Gasteiger partial charge in [0.2, 0.25) is 5.78 Å². The van der Waals surface area contributed by atoms with Crippen molar-refractivity contribution in [1.82, 2.24) is 10.1 Å². The van der Waals surface area contributed by atoms with Crippen molar-refractivity contribution in [1.29, 1.82) is 0 Å². The standard InChI is InChI=1S/C38H52N2O8/c1-6-8-17-46-33-23(13-12-16-40-14-10-11-15-40)21-27(45-5)25-19-24-20-26-28(22(3)4)34-31(37(39-48-34)47-18-9-7-2)36(43)38(26,44)35(42)29(24)32(41)30(25)33/h21-22,24,26,28,42,44H,6-20H2,1-5H3/t24-,26-,28-,38-/m0/s1. The number of likely N-dealkylation sites (tertiary alicyclic amines) is 1. The highest BCUT2D eigenvalue weighted by atomic mass is 16.5. The third kappa shape index (κ3) is 5.82. The SMILES string of the molecule is CCCCOc1noc2c1C(=O)[C@@]1(O)C(O)=C3C(=O)c4c(c(OC)cc(CCCN5CCCC5)c4OCCCC)C[C@H]3C[C@H]1[C@@H]2C(C)C. The minimum atomic E-state index is -2.32. The van der Waals surface area contributed by atoms with Crippen LogP contribution in [0.25, 0.3) is 0 Å². The number of aliphatic hydroxyl groups excluding tert-OH is 1. The van der Waals surface area contributed by atoms with Crippen LogP contribution in [0, 0.1) is 17.8 Å². The van der Waals surface area contributed by atoms with Gasteiger partial charge in [-0.05, 0) is 99.6 Å². The van der Waals surface area contributed by atoms with E-state index >= 15 is 0 Å². The zero-order valence-electron chi connectivity index (χ0n) is 29.2. The number of ketones is 2. The van der Waals surface area contributed by atoms with Crippen LogP contribution in [0.3, 0.4) is 0 Å². The number of methoxy groups -OCH3 is 1. The van der Waals surface area contributed by atoms with Crippen LogP contribution in [0.4, 0.5) is 0 Å². The van der Waals surface area contributed by atoms with E-state index in [1.807, 2.05) is 26.8 Å². The van der Waals surface area contributed by atoms with E-state index in [-0.39, 0.29) is 22.9 Å². The first-order valence-corrected chi connectivity index (χ1v) is 18.1. The highest BCUT2D eigenvalue weighted by Crippen LogP contribution is 2.58. The van der Waals surface area contributed by atoms with Crippen LogP contribution < -0.4 is 14.2 Å². The van der Waals surface area contributed by atoms with Crippen LogP contribution in [-0.2, 0) is 12.8 Å². The predicted molar refractivity (Wildman–Crippen MR) is 180 cm³/mol. The topological polar surface area (TPSA) is 132 Å². The van der Waals surface area contributed by atoms with Gasteiger partial charge in [0.25, 0.3) is 5.88 Å². The van der Waals surface area contributed by atoms with E-state index in [1.54, 1.807) is 7.11 Å². The third-order valence-corrected chi connectivity index (χ3v) is 11.0. The number of aliphatic hydroxyl groups is 2. The van der Waals surface area contributed by atoms with E-state index in [0.717, 1.165) is 62.9 Å². The Bertz CT molecular complexity index is 1550. The Balaban J connectivity index is 1.43. The first kappa shape index (κ1) is 34.5. The maximum Gasteiger partial charge on any atom is 0.265 e. The largest absolute Gasteiger partial charge is 0.508 e. The number of aryl methyl sites for hydroxylation is 1. The lowest BCUT2D eigenvalue weighted by Crippen LogP contribution is -2.58. The number of nitrogens with zero attached hydrogens (tertiary/aromatic N) is 2. The van der Waals surface area contributed by atoms with Gasteiger partial charge in [-0.2, -0.15) is 0 Å². The first-order chi connectivity index (χ1) is 23.2. The summed E-state index contributed by atoms with van der Waals surface area (Å²) in [6.07, 6.45) is 8.19. The van der Waals surface area contributed by atoms with Gasteiger partial charge in [0, 0.05) is 23.0 Å². The van der Waals surface area contributed by atoms with Crippen molar-refractivity contribution in [3.8, 4) is 17.4 Å². The maximum atomic E-state index is 14.8. The molecule has 262 valence electrons. The number of Topliss-reactive ketones (excluding diaryl/α,β-unsaturated/α-hetero) is 2. The Morgan fingerprint density at radius 3 is 2.44 bits per heavy atom. The van der Waals surface area contributed by atoms with Crippen LogP contribution in [0.15, 0.2) is 21.9 Å². The summed E-state index contributed by atoms with van der Waals surface area (Å²) in [6, 6.07) is 2.02. The van der Waals surface area contributed by atoms with Crippen molar-refractivity contribution >= 4 is 11.6 Å².